The highest BCUT2D eigenvalue weighted by Crippen LogP contribution is 2.42. The molecule has 2 aromatic rings. The summed E-state index contributed by atoms with van der Waals surface area (Å²) in [6, 6.07) is 15.9. The second kappa shape index (κ2) is 13.9. The number of aliphatic hydroxyl groups excluding tert-OH is 1. The molecular formula is C32H43N3O6. The monoisotopic (exact) mass is 565 g/mol. The van der Waals surface area contributed by atoms with Gasteiger partial charge in [0.1, 0.15) is 0 Å². The number of nitrogens with zero attached hydrogens (tertiary/aromatic N) is 2. The lowest BCUT2D eigenvalue weighted by Crippen LogP contribution is -2.48. The Hall–Kier alpha value is -2.82. The van der Waals surface area contributed by atoms with Gasteiger partial charge in [-0.15, -0.1) is 0 Å². The number of anilines is 1. The van der Waals surface area contributed by atoms with E-state index in [1.54, 1.807) is 6.07 Å². The first-order chi connectivity index (χ1) is 19.9. The zero-order chi connectivity index (χ0) is 28.8. The molecule has 0 aromatic heterocycles. The fraction of sp³-hybridized carbons (Fsp3) is 0.562. The van der Waals surface area contributed by atoms with E-state index in [0.717, 1.165) is 36.3 Å². The van der Waals surface area contributed by atoms with Crippen molar-refractivity contribution in [2.75, 3.05) is 38.0 Å². The largest absolute Gasteiger partial charge is 0.481 e. The van der Waals surface area contributed by atoms with E-state index in [0.29, 0.717) is 11.7 Å². The minimum Gasteiger partial charge on any atom is -0.481 e. The van der Waals surface area contributed by atoms with Crippen LogP contribution in [0.3, 0.4) is 0 Å². The van der Waals surface area contributed by atoms with Crippen molar-refractivity contribution in [3.05, 3.63) is 65.2 Å². The van der Waals surface area contributed by atoms with Crippen molar-refractivity contribution in [3.8, 4) is 0 Å². The second-order valence-corrected chi connectivity index (χ2v) is 11.7. The number of amides is 1. The van der Waals surface area contributed by atoms with Crippen molar-refractivity contribution in [1.29, 1.82) is 0 Å². The van der Waals surface area contributed by atoms with Crippen molar-refractivity contribution < 1.29 is 29.3 Å². The van der Waals surface area contributed by atoms with Crippen molar-refractivity contribution in [1.82, 2.24) is 9.80 Å². The molecule has 5 atom stereocenters. The SMILES string of the molecule is C[C@H]1[C@@H](CN2CCC[C@H]2CN2CCCC2)O[C@@H](c2cccc(NC(=O)CCC(=O)O)c2)O[C@H]1c1ccc(CO)cc1. The number of ether oxygens (including phenoxy) is 2. The van der Waals surface area contributed by atoms with Crippen LogP contribution >= 0.6 is 0 Å². The van der Waals surface area contributed by atoms with E-state index < -0.39 is 12.3 Å². The Morgan fingerprint density at radius 3 is 2.46 bits per heavy atom. The molecule has 3 aliphatic rings. The third-order valence-corrected chi connectivity index (χ3v) is 8.71. The summed E-state index contributed by atoms with van der Waals surface area (Å²) in [6.07, 6.45) is 3.80. The Balaban J connectivity index is 1.34. The van der Waals surface area contributed by atoms with Gasteiger partial charge in [-0.25, -0.2) is 0 Å². The maximum absolute atomic E-state index is 12.3. The molecule has 222 valence electrons. The smallest absolute Gasteiger partial charge is 0.303 e. The van der Waals surface area contributed by atoms with Crippen LogP contribution in [-0.2, 0) is 25.7 Å². The highest BCUT2D eigenvalue weighted by molar-refractivity contribution is 5.92. The summed E-state index contributed by atoms with van der Waals surface area (Å²) in [6.45, 7) is 7.61. The van der Waals surface area contributed by atoms with Crippen LogP contribution < -0.4 is 5.32 Å². The summed E-state index contributed by atoms with van der Waals surface area (Å²) in [5.74, 6) is -1.25. The molecule has 3 fully saturated rings. The van der Waals surface area contributed by atoms with E-state index in [1.165, 1.54) is 38.8 Å². The standard InChI is InChI=1S/C32H43N3O6/c1-22-28(20-35-17-5-8-27(35)19-34-15-2-3-16-34)40-32(41-31(22)24-11-9-23(21-36)10-12-24)25-6-4-7-26(18-25)33-29(37)13-14-30(38)39/h4,6-7,9-12,18,22,27-28,31-32,36H,2-3,5,8,13-17,19-21H2,1H3,(H,33,37)(H,38,39)/t22-,27-,28+,31+,32+/m0/s1. The minimum absolute atomic E-state index is 0.00589. The number of carboxylic acids is 1. The Morgan fingerprint density at radius 1 is 0.951 bits per heavy atom. The van der Waals surface area contributed by atoms with Crippen molar-refractivity contribution >= 4 is 17.6 Å². The topological polar surface area (TPSA) is 112 Å². The van der Waals surface area contributed by atoms with Gasteiger partial charge in [-0.1, -0.05) is 43.3 Å². The van der Waals surface area contributed by atoms with Crippen LogP contribution in [0.25, 0.3) is 0 Å². The summed E-state index contributed by atoms with van der Waals surface area (Å²) in [7, 11) is 0. The molecule has 2 aromatic carbocycles. The lowest BCUT2D eigenvalue weighted by atomic mass is 9.90. The molecule has 0 radical (unpaired) electrons. The molecule has 0 unspecified atom stereocenters. The molecule has 3 aliphatic heterocycles. The third kappa shape index (κ3) is 7.72. The summed E-state index contributed by atoms with van der Waals surface area (Å²) < 4.78 is 13.3. The van der Waals surface area contributed by atoms with Gasteiger partial charge in [-0.3, -0.25) is 14.5 Å². The molecule has 1 amide bonds. The molecule has 0 bridgehead atoms. The summed E-state index contributed by atoms with van der Waals surface area (Å²) in [4.78, 5) is 28.3. The fourth-order valence-corrected chi connectivity index (χ4v) is 6.37. The lowest BCUT2D eigenvalue weighted by Gasteiger charge is -2.43. The highest BCUT2D eigenvalue weighted by Gasteiger charge is 2.41. The zero-order valence-corrected chi connectivity index (χ0v) is 23.9. The van der Waals surface area contributed by atoms with Gasteiger partial charge in [0.2, 0.25) is 5.91 Å². The van der Waals surface area contributed by atoms with Gasteiger partial charge in [0.05, 0.1) is 25.2 Å². The first kappa shape index (κ1) is 29.7. The number of likely N-dealkylation sites (tertiary alicyclic amines) is 2. The van der Waals surface area contributed by atoms with Gasteiger partial charge in [-0.2, -0.15) is 0 Å². The average Bonchev–Trinajstić information content (AvgIpc) is 3.66. The third-order valence-electron chi connectivity index (χ3n) is 8.71. The predicted molar refractivity (Wildman–Crippen MR) is 155 cm³/mol. The second-order valence-electron chi connectivity index (χ2n) is 11.7. The van der Waals surface area contributed by atoms with E-state index in [9.17, 15) is 14.7 Å². The molecule has 3 N–H and O–H groups in total. The van der Waals surface area contributed by atoms with Crippen LogP contribution in [0, 0.1) is 5.92 Å². The van der Waals surface area contributed by atoms with Crippen LogP contribution in [-0.4, -0.2) is 76.8 Å². The van der Waals surface area contributed by atoms with Gasteiger partial charge in [0.15, 0.2) is 6.29 Å². The van der Waals surface area contributed by atoms with Crippen molar-refractivity contribution in [3.63, 3.8) is 0 Å². The molecule has 41 heavy (non-hydrogen) atoms. The van der Waals surface area contributed by atoms with E-state index in [1.807, 2.05) is 42.5 Å². The molecule has 0 aliphatic carbocycles. The first-order valence-corrected chi connectivity index (χ1v) is 15.0. The Labute approximate surface area is 242 Å². The highest BCUT2D eigenvalue weighted by atomic mass is 16.7. The Kier molecular flexibility index (Phi) is 10.1. The minimum atomic E-state index is -1.00. The lowest BCUT2D eigenvalue weighted by molar-refractivity contribution is -0.276. The van der Waals surface area contributed by atoms with E-state index >= 15 is 0 Å². The molecule has 5 rings (SSSR count). The number of carbonyl (C=O) groups excluding carboxylic acids is 1. The number of hydrogen-bond acceptors (Lipinski definition) is 7. The quantitative estimate of drug-likeness (QED) is 0.369. The first-order valence-electron chi connectivity index (χ1n) is 15.0. The Morgan fingerprint density at radius 2 is 1.73 bits per heavy atom. The number of nitrogens with one attached hydrogen (secondary N) is 1. The maximum Gasteiger partial charge on any atom is 0.303 e. The number of rotatable bonds is 11. The molecular weight excluding hydrogens is 522 g/mol. The summed E-state index contributed by atoms with van der Waals surface area (Å²) in [5, 5.41) is 21.2. The molecule has 3 saturated heterocycles. The van der Waals surface area contributed by atoms with E-state index in [-0.39, 0.29) is 43.5 Å². The van der Waals surface area contributed by atoms with Crippen molar-refractivity contribution in [2.45, 2.75) is 76.6 Å². The number of carbonyl (C=O) groups is 2. The van der Waals surface area contributed by atoms with Crippen LogP contribution in [0.1, 0.15) is 74.5 Å². The zero-order valence-electron chi connectivity index (χ0n) is 23.9. The van der Waals surface area contributed by atoms with Crippen molar-refractivity contribution in [2.24, 2.45) is 5.92 Å². The average molecular weight is 566 g/mol. The van der Waals surface area contributed by atoms with Crippen LogP contribution in [0.2, 0.25) is 0 Å². The molecule has 0 saturated carbocycles. The number of carboxylic acid groups (broad SMARTS) is 1. The normalized spacial score (nSPS) is 27.2. The maximum atomic E-state index is 12.3. The van der Waals surface area contributed by atoms with Crippen LogP contribution in [0.5, 0.6) is 0 Å². The number of aliphatic hydroxyl groups is 1. The predicted octanol–water partition coefficient (Wildman–Crippen LogP) is 4.33. The van der Waals surface area contributed by atoms with Crippen LogP contribution in [0.15, 0.2) is 48.5 Å². The number of benzene rings is 2. The van der Waals surface area contributed by atoms with E-state index in [4.69, 9.17) is 14.6 Å². The summed E-state index contributed by atoms with van der Waals surface area (Å²) >= 11 is 0. The van der Waals surface area contributed by atoms with Gasteiger partial charge < -0.3 is 29.9 Å². The number of aliphatic carboxylic acids is 1. The fourth-order valence-electron chi connectivity index (χ4n) is 6.37. The molecule has 3 heterocycles. The van der Waals surface area contributed by atoms with Crippen LogP contribution in [0.4, 0.5) is 5.69 Å². The Bertz CT molecular complexity index is 1170. The van der Waals surface area contributed by atoms with Gasteiger partial charge >= 0.3 is 5.97 Å². The molecule has 0 spiro atoms. The van der Waals surface area contributed by atoms with Gasteiger partial charge in [0, 0.05) is 42.7 Å². The van der Waals surface area contributed by atoms with E-state index in [2.05, 4.69) is 22.0 Å². The molecule has 9 heteroatoms. The molecule has 9 nitrogen and oxygen atoms in total. The summed E-state index contributed by atoms with van der Waals surface area (Å²) in [5.41, 5.74) is 3.27. The number of hydrogen-bond donors (Lipinski definition) is 3. The van der Waals surface area contributed by atoms with Gasteiger partial charge in [0.25, 0.3) is 0 Å². The van der Waals surface area contributed by atoms with Gasteiger partial charge in [-0.05, 0) is 68.6 Å².